The van der Waals surface area contributed by atoms with E-state index in [1.807, 2.05) is 19.1 Å². The van der Waals surface area contributed by atoms with Gasteiger partial charge >= 0.3 is 0 Å². The van der Waals surface area contributed by atoms with Gasteiger partial charge in [0.15, 0.2) is 0 Å². The third kappa shape index (κ3) is 2.63. The molecule has 1 aromatic heterocycles. The molecular weight excluding hydrogens is 238 g/mol. The predicted molar refractivity (Wildman–Crippen MR) is 74.1 cm³/mol. The Kier molecular flexibility index (Phi) is 3.51. The van der Waals surface area contributed by atoms with Crippen LogP contribution in [0.4, 0.5) is 0 Å². The Morgan fingerprint density at radius 2 is 2.21 bits per heavy atom. The molecule has 0 bridgehead atoms. The molecule has 3 heterocycles. The van der Waals surface area contributed by atoms with Gasteiger partial charge in [-0.15, -0.1) is 0 Å². The van der Waals surface area contributed by atoms with E-state index in [1.165, 1.54) is 25.8 Å². The largest absolute Gasteiger partial charge is 0.346 e. The zero-order valence-corrected chi connectivity index (χ0v) is 11.4. The molecule has 1 aromatic rings. The number of amides is 1. The molecule has 0 radical (unpaired) electrons. The molecule has 102 valence electrons. The number of piperidine rings is 1. The molecule has 4 nitrogen and oxygen atoms in total. The molecule has 2 saturated heterocycles. The van der Waals surface area contributed by atoms with Crippen LogP contribution in [0, 0.1) is 6.92 Å². The van der Waals surface area contributed by atoms with Crippen LogP contribution in [0.25, 0.3) is 0 Å². The van der Waals surface area contributed by atoms with Crippen LogP contribution in [0.1, 0.15) is 41.9 Å². The molecule has 0 spiro atoms. The van der Waals surface area contributed by atoms with Crippen LogP contribution in [-0.2, 0) is 0 Å². The highest BCUT2D eigenvalue weighted by Crippen LogP contribution is 2.27. The Labute approximate surface area is 114 Å². The minimum atomic E-state index is -0.0267. The minimum absolute atomic E-state index is 0.0267. The summed E-state index contributed by atoms with van der Waals surface area (Å²) >= 11 is 0. The van der Waals surface area contributed by atoms with Gasteiger partial charge in [0, 0.05) is 24.3 Å². The molecule has 2 aliphatic heterocycles. The molecule has 2 fully saturated rings. The maximum Gasteiger partial charge on any atom is 0.270 e. The number of hydrogen-bond donors (Lipinski definition) is 1. The van der Waals surface area contributed by atoms with Gasteiger partial charge < -0.3 is 5.32 Å². The van der Waals surface area contributed by atoms with Crippen LogP contribution in [0.15, 0.2) is 18.2 Å². The summed E-state index contributed by atoms with van der Waals surface area (Å²) in [5, 5.41) is 3.18. The zero-order chi connectivity index (χ0) is 13.2. The number of hydrogen-bond acceptors (Lipinski definition) is 3. The van der Waals surface area contributed by atoms with Crippen molar-refractivity contribution in [1.29, 1.82) is 0 Å². The molecule has 1 N–H and O–H groups in total. The minimum Gasteiger partial charge on any atom is -0.346 e. The second-order valence-electron chi connectivity index (χ2n) is 5.63. The lowest BCUT2D eigenvalue weighted by Gasteiger charge is -2.32. The summed E-state index contributed by atoms with van der Waals surface area (Å²) in [5.74, 6) is -0.0267. The van der Waals surface area contributed by atoms with E-state index in [4.69, 9.17) is 0 Å². The number of nitrogens with one attached hydrogen (secondary N) is 1. The summed E-state index contributed by atoms with van der Waals surface area (Å²) in [6.07, 6.45) is 4.88. The lowest BCUT2D eigenvalue weighted by Crippen LogP contribution is -2.46. The molecular formula is C15H21N3O. The number of aromatic nitrogens is 1. The first kappa shape index (κ1) is 12.6. The summed E-state index contributed by atoms with van der Waals surface area (Å²) in [4.78, 5) is 19.1. The summed E-state index contributed by atoms with van der Waals surface area (Å²) in [6.45, 7) is 4.23. The average molecular weight is 259 g/mol. The smallest absolute Gasteiger partial charge is 0.270 e. The van der Waals surface area contributed by atoms with Crippen molar-refractivity contribution in [3.8, 4) is 0 Å². The van der Waals surface area contributed by atoms with Gasteiger partial charge in [-0.2, -0.15) is 0 Å². The molecule has 1 amide bonds. The standard InChI is InChI=1S/C15H21N3O/c1-11-5-4-6-13(16-11)15(19)17-12-8-10-18-9-3-2-7-14(12)18/h4-6,12,14H,2-3,7-10H2,1H3,(H,17,19). The third-order valence-electron chi connectivity index (χ3n) is 4.29. The molecule has 0 aromatic carbocycles. The van der Waals surface area contributed by atoms with Crippen molar-refractivity contribution in [1.82, 2.24) is 15.2 Å². The van der Waals surface area contributed by atoms with Crippen LogP contribution in [0.5, 0.6) is 0 Å². The fourth-order valence-electron chi connectivity index (χ4n) is 3.33. The lowest BCUT2D eigenvalue weighted by molar-refractivity contribution is 0.0910. The second-order valence-corrected chi connectivity index (χ2v) is 5.63. The molecule has 4 heteroatoms. The van der Waals surface area contributed by atoms with E-state index >= 15 is 0 Å². The van der Waals surface area contributed by atoms with Crippen LogP contribution in [0.3, 0.4) is 0 Å². The highest BCUT2D eigenvalue weighted by molar-refractivity contribution is 5.92. The molecule has 0 saturated carbocycles. The van der Waals surface area contributed by atoms with Crippen molar-refractivity contribution in [3.63, 3.8) is 0 Å². The Balaban J connectivity index is 1.66. The monoisotopic (exact) mass is 259 g/mol. The zero-order valence-electron chi connectivity index (χ0n) is 11.4. The lowest BCUT2D eigenvalue weighted by atomic mass is 9.99. The fraction of sp³-hybridized carbons (Fsp3) is 0.600. The predicted octanol–water partition coefficient (Wildman–Crippen LogP) is 1.75. The van der Waals surface area contributed by atoms with E-state index in [9.17, 15) is 4.79 Å². The van der Waals surface area contributed by atoms with E-state index in [0.29, 0.717) is 17.8 Å². The molecule has 2 atom stereocenters. The van der Waals surface area contributed by atoms with Gasteiger partial charge in [0.25, 0.3) is 5.91 Å². The maximum atomic E-state index is 12.2. The molecule has 0 aliphatic carbocycles. The Bertz CT molecular complexity index is 474. The van der Waals surface area contributed by atoms with Crippen molar-refractivity contribution in [2.24, 2.45) is 0 Å². The van der Waals surface area contributed by atoms with Gasteiger partial charge in [-0.05, 0) is 44.9 Å². The number of aryl methyl sites for hydroxylation is 1. The highest BCUT2D eigenvalue weighted by Gasteiger charge is 2.36. The number of pyridine rings is 1. The second kappa shape index (κ2) is 5.29. The number of rotatable bonds is 2. The van der Waals surface area contributed by atoms with Gasteiger partial charge in [-0.1, -0.05) is 12.5 Å². The first-order valence-corrected chi connectivity index (χ1v) is 7.22. The van der Waals surface area contributed by atoms with E-state index in [2.05, 4.69) is 15.2 Å². The van der Waals surface area contributed by atoms with Gasteiger partial charge in [0.05, 0.1) is 0 Å². The summed E-state index contributed by atoms with van der Waals surface area (Å²) < 4.78 is 0. The number of carbonyl (C=O) groups excluding carboxylic acids is 1. The molecule has 2 unspecified atom stereocenters. The maximum absolute atomic E-state index is 12.2. The fourth-order valence-corrected chi connectivity index (χ4v) is 3.33. The van der Waals surface area contributed by atoms with Gasteiger partial charge in [-0.3, -0.25) is 9.69 Å². The number of nitrogens with zero attached hydrogens (tertiary/aromatic N) is 2. The third-order valence-corrected chi connectivity index (χ3v) is 4.29. The van der Waals surface area contributed by atoms with Crippen LogP contribution in [-0.4, -0.2) is 41.0 Å². The summed E-state index contributed by atoms with van der Waals surface area (Å²) in [7, 11) is 0. The van der Waals surface area contributed by atoms with Crippen molar-refractivity contribution < 1.29 is 4.79 Å². The van der Waals surface area contributed by atoms with Crippen molar-refractivity contribution in [2.75, 3.05) is 13.1 Å². The molecule has 2 aliphatic rings. The molecule has 3 rings (SSSR count). The number of carbonyl (C=O) groups is 1. The van der Waals surface area contributed by atoms with Gasteiger partial charge in [-0.25, -0.2) is 4.98 Å². The van der Waals surface area contributed by atoms with Crippen LogP contribution in [0.2, 0.25) is 0 Å². The van der Waals surface area contributed by atoms with Crippen molar-refractivity contribution >= 4 is 5.91 Å². The van der Waals surface area contributed by atoms with Gasteiger partial charge in [0.1, 0.15) is 5.69 Å². The Morgan fingerprint density at radius 1 is 1.32 bits per heavy atom. The first-order valence-electron chi connectivity index (χ1n) is 7.22. The molecule has 19 heavy (non-hydrogen) atoms. The summed E-state index contributed by atoms with van der Waals surface area (Å²) in [5.41, 5.74) is 1.42. The average Bonchev–Trinajstić information content (AvgIpc) is 2.82. The van der Waals surface area contributed by atoms with E-state index < -0.39 is 0 Å². The Morgan fingerprint density at radius 3 is 3.05 bits per heavy atom. The number of fused-ring (bicyclic) bond motifs is 1. The van der Waals surface area contributed by atoms with Crippen molar-refractivity contribution in [2.45, 2.75) is 44.7 Å². The normalized spacial score (nSPS) is 27.0. The highest BCUT2D eigenvalue weighted by atomic mass is 16.2. The van der Waals surface area contributed by atoms with E-state index in [1.54, 1.807) is 6.07 Å². The van der Waals surface area contributed by atoms with Crippen LogP contribution < -0.4 is 5.32 Å². The first-order chi connectivity index (χ1) is 9.24. The topological polar surface area (TPSA) is 45.2 Å². The van der Waals surface area contributed by atoms with Crippen LogP contribution >= 0.6 is 0 Å². The van der Waals surface area contributed by atoms with Gasteiger partial charge in [0.2, 0.25) is 0 Å². The SMILES string of the molecule is Cc1cccc(C(=O)NC2CCN3CCCCC23)n1. The Hall–Kier alpha value is -1.42. The van der Waals surface area contributed by atoms with Crippen molar-refractivity contribution in [3.05, 3.63) is 29.6 Å². The quantitative estimate of drug-likeness (QED) is 0.880. The van der Waals surface area contributed by atoms with E-state index in [0.717, 1.165) is 18.7 Å². The summed E-state index contributed by atoms with van der Waals surface area (Å²) in [6, 6.07) is 6.43. The van der Waals surface area contributed by atoms with E-state index in [-0.39, 0.29) is 5.91 Å².